The van der Waals surface area contributed by atoms with Crippen molar-refractivity contribution in [2.75, 3.05) is 18.6 Å². The number of hydrogen-bond donors (Lipinski definition) is 0. The quantitative estimate of drug-likeness (QED) is 0.666. The second-order valence-electron chi connectivity index (χ2n) is 4.10. The molecule has 5 heteroatoms. The number of sulfone groups is 1. The molecule has 0 amide bonds. The van der Waals surface area contributed by atoms with Gasteiger partial charge in [0.2, 0.25) is 0 Å². The Labute approximate surface area is 91.9 Å². The van der Waals surface area contributed by atoms with Gasteiger partial charge >= 0.3 is 0 Å². The summed E-state index contributed by atoms with van der Waals surface area (Å²) in [6, 6.07) is 0. The van der Waals surface area contributed by atoms with Gasteiger partial charge in [0.25, 0.3) is 0 Å². The number of carbonyl (C=O) groups excluding carboxylic acids is 1. The maximum atomic E-state index is 11.6. The summed E-state index contributed by atoms with van der Waals surface area (Å²) in [4.78, 5) is 11.6. The molecule has 0 bridgehead atoms. The molecule has 0 saturated carbocycles. The van der Waals surface area contributed by atoms with Crippen molar-refractivity contribution in [3.63, 3.8) is 0 Å². The predicted molar refractivity (Wildman–Crippen MR) is 59.7 cm³/mol. The van der Waals surface area contributed by atoms with Crippen LogP contribution in [0.5, 0.6) is 0 Å². The largest absolute Gasteiger partial charge is 0.368 e. The molecule has 15 heavy (non-hydrogen) atoms. The van der Waals surface area contributed by atoms with Crippen LogP contribution >= 0.6 is 0 Å². The minimum Gasteiger partial charge on any atom is -0.368 e. The zero-order valence-electron chi connectivity index (χ0n) is 9.87. The van der Waals surface area contributed by atoms with Gasteiger partial charge in [-0.05, 0) is 27.2 Å². The maximum absolute atomic E-state index is 11.6. The van der Waals surface area contributed by atoms with E-state index in [9.17, 15) is 13.2 Å². The van der Waals surface area contributed by atoms with E-state index in [0.29, 0.717) is 13.0 Å². The van der Waals surface area contributed by atoms with Crippen LogP contribution in [0.3, 0.4) is 0 Å². The standard InChI is InChI=1S/C10H20O4S/c1-5-14-10(2,3)9(11)7-6-8-15(4,12)13/h5-8H2,1-4H3. The highest BCUT2D eigenvalue weighted by Crippen LogP contribution is 2.14. The molecule has 0 heterocycles. The number of carbonyl (C=O) groups is 1. The van der Waals surface area contributed by atoms with E-state index >= 15 is 0 Å². The number of Topliss-reactive ketones (excluding diaryl/α,β-unsaturated/α-hetero) is 1. The van der Waals surface area contributed by atoms with Crippen LogP contribution in [0.15, 0.2) is 0 Å². The molecular formula is C10H20O4S. The Hall–Kier alpha value is -0.420. The minimum atomic E-state index is -2.97. The Morgan fingerprint density at radius 2 is 1.87 bits per heavy atom. The summed E-state index contributed by atoms with van der Waals surface area (Å²) in [5, 5.41) is 0. The Bertz CT molecular complexity index is 303. The average molecular weight is 236 g/mol. The molecule has 0 aliphatic carbocycles. The van der Waals surface area contributed by atoms with Crippen LogP contribution in [-0.2, 0) is 19.4 Å². The molecule has 0 saturated heterocycles. The lowest BCUT2D eigenvalue weighted by Gasteiger charge is -2.22. The molecule has 0 aromatic carbocycles. The van der Waals surface area contributed by atoms with E-state index in [4.69, 9.17) is 4.74 Å². The first kappa shape index (κ1) is 14.6. The lowest BCUT2D eigenvalue weighted by atomic mass is 10.00. The van der Waals surface area contributed by atoms with E-state index in [1.54, 1.807) is 13.8 Å². The highest BCUT2D eigenvalue weighted by molar-refractivity contribution is 7.90. The summed E-state index contributed by atoms with van der Waals surface area (Å²) < 4.78 is 27.0. The number of ketones is 1. The van der Waals surface area contributed by atoms with Gasteiger partial charge in [-0.1, -0.05) is 0 Å². The summed E-state index contributed by atoms with van der Waals surface area (Å²) in [5.74, 6) is 0.00834. The maximum Gasteiger partial charge on any atom is 0.164 e. The Morgan fingerprint density at radius 3 is 2.27 bits per heavy atom. The predicted octanol–water partition coefficient (Wildman–Crippen LogP) is 1.20. The van der Waals surface area contributed by atoms with Crippen molar-refractivity contribution >= 4 is 15.6 Å². The van der Waals surface area contributed by atoms with Crippen molar-refractivity contribution in [1.82, 2.24) is 0 Å². The van der Waals surface area contributed by atoms with Crippen LogP contribution in [0.1, 0.15) is 33.6 Å². The van der Waals surface area contributed by atoms with Gasteiger partial charge in [0, 0.05) is 19.3 Å². The summed E-state index contributed by atoms with van der Waals surface area (Å²) in [5.41, 5.74) is -0.799. The fraction of sp³-hybridized carbons (Fsp3) is 0.900. The first-order chi connectivity index (χ1) is 6.69. The average Bonchev–Trinajstić information content (AvgIpc) is 2.01. The summed E-state index contributed by atoms with van der Waals surface area (Å²) >= 11 is 0. The van der Waals surface area contributed by atoms with Crippen LogP contribution in [-0.4, -0.2) is 38.4 Å². The first-order valence-corrected chi connectivity index (χ1v) is 7.10. The van der Waals surface area contributed by atoms with E-state index in [0.717, 1.165) is 0 Å². The second kappa shape index (κ2) is 5.61. The van der Waals surface area contributed by atoms with Gasteiger partial charge in [0.05, 0.1) is 5.75 Å². The molecule has 0 aliphatic heterocycles. The zero-order chi connectivity index (χ0) is 12.1. The molecule has 0 N–H and O–H groups in total. The van der Waals surface area contributed by atoms with Crippen molar-refractivity contribution in [2.24, 2.45) is 0 Å². The summed E-state index contributed by atoms with van der Waals surface area (Å²) in [6.07, 6.45) is 1.79. The van der Waals surface area contributed by atoms with Crippen molar-refractivity contribution in [2.45, 2.75) is 39.2 Å². The van der Waals surface area contributed by atoms with Crippen molar-refractivity contribution in [3.05, 3.63) is 0 Å². The molecular weight excluding hydrogens is 216 g/mol. The topological polar surface area (TPSA) is 60.4 Å². The van der Waals surface area contributed by atoms with Gasteiger partial charge in [-0.3, -0.25) is 4.79 Å². The van der Waals surface area contributed by atoms with Gasteiger partial charge in [0.1, 0.15) is 15.4 Å². The van der Waals surface area contributed by atoms with Crippen LogP contribution in [0.25, 0.3) is 0 Å². The SMILES string of the molecule is CCOC(C)(C)C(=O)CCCS(C)(=O)=O. The number of rotatable bonds is 7. The molecule has 0 radical (unpaired) electrons. The highest BCUT2D eigenvalue weighted by atomic mass is 32.2. The van der Waals surface area contributed by atoms with Crippen LogP contribution in [0.4, 0.5) is 0 Å². The van der Waals surface area contributed by atoms with Gasteiger partial charge in [0.15, 0.2) is 5.78 Å². The summed E-state index contributed by atoms with van der Waals surface area (Å²) in [7, 11) is -2.97. The lowest BCUT2D eigenvalue weighted by molar-refractivity contribution is -0.139. The molecule has 0 aliphatic rings. The summed E-state index contributed by atoms with van der Waals surface area (Å²) in [6.45, 7) is 5.72. The van der Waals surface area contributed by atoms with E-state index in [1.165, 1.54) is 6.26 Å². The first-order valence-electron chi connectivity index (χ1n) is 5.04. The monoisotopic (exact) mass is 236 g/mol. The van der Waals surface area contributed by atoms with Crippen LogP contribution < -0.4 is 0 Å². The lowest BCUT2D eigenvalue weighted by Crippen LogP contribution is -2.35. The smallest absolute Gasteiger partial charge is 0.164 e. The van der Waals surface area contributed by atoms with Gasteiger partial charge < -0.3 is 4.74 Å². The van der Waals surface area contributed by atoms with Gasteiger partial charge in [-0.2, -0.15) is 0 Å². The van der Waals surface area contributed by atoms with Gasteiger partial charge in [-0.25, -0.2) is 8.42 Å². The fourth-order valence-electron chi connectivity index (χ4n) is 1.24. The van der Waals surface area contributed by atoms with E-state index < -0.39 is 15.4 Å². The molecule has 0 unspecified atom stereocenters. The molecule has 0 spiro atoms. The molecule has 0 rings (SSSR count). The third-order valence-electron chi connectivity index (χ3n) is 2.10. The van der Waals surface area contributed by atoms with E-state index in [1.807, 2.05) is 6.92 Å². The molecule has 90 valence electrons. The molecule has 0 aromatic heterocycles. The normalized spacial score (nSPS) is 12.8. The third-order valence-corrected chi connectivity index (χ3v) is 3.13. The van der Waals surface area contributed by atoms with Crippen LogP contribution in [0.2, 0.25) is 0 Å². The van der Waals surface area contributed by atoms with E-state index in [-0.39, 0.29) is 18.0 Å². The fourth-order valence-corrected chi connectivity index (χ4v) is 1.91. The van der Waals surface area contributed by atoms with Gasteiger partial charge in [-0.15, -0.1) is 0 Å². The zero-order valence-corrected chi connectivity index (χ0v) is 10.7. The van der Waals surface area contributed by atoms with Crippen LogP contribution in [0, 0.1) is 0 Å². The van der Waals surface area contributed by atoms with Crippen molar-refractivity contribution in [3.8, 4) is 0 Å². The highest BCUT2D eigenvalue weighted by Gasteiger charge is 2.27. The third kappa shape index (κ3) is 6.62. The molecule has 0 atom stereocenters. The molecule has 0 aromatic rings. The Kier molecular flexibility index (Phi) is 5.45. The van der Waals surface area contributed by atoms with Crippen molar-refractivity contribution in [1.29, 1.82) is 0 Å². The Balaban J connectivity index is 4.04. The minimum absolute atomic E-state index is 0.0481. The Morgan fingerprint density at radius 1 is 1.33 bits per heavy atom. The second-order valence-corrected chi connectivity index (χ2v) is 6.36. The molecule has 0 fully saturated rings. The number of ether oxygens (including phenoxy) is 1. The van der Waals surface area contributed by atoms with E-state index in [2.05, 4.69) is 0 Å². The van der Waals surface area contributed by atoms with Crippen molar-refractivity contribution < 1.29 is 17.9 Å². The number of hydrogen-bond acceptors (Lipinski definition) is 4. The molecule has 4 nitrogen and oxygen atoms in total.